The van der Waals surface area contributed by atoms with E-state index < -0.39 is 6.67 Å². The van der Waals surface area contributed by atoms with Crippen molar-refractivity contribution in [3.8, 4) is 11.5 Å². The van der Waals surface area contributed by atoms with E-state index in [9.17, 15) is 9.50 Å². The third-order valence-electron chi connectivity index (χ3n) is 4.71. The Kier molecular flexibility index (Phi) is 6.10. The molecule has 2 aromatic carbocycles. The highest BCUT2D eigenvalue weighted by molar-refractivity contribution is 5.82. The fourth-order valence-electron chi connectivity index (χ4n) is 3.48. The van der Waals surface area contributed by atoms with Gasteiger partial charge in [0, 0.05) is 0 Å². The van der Waals surface area contributed by atoms with Crippen LogP contribution in [0.4, 0.5) is 4.39 Å². The second-order valence-electron chi connectivity index (χ2n) is 6.50. The van der Waals surface area contributed by atoms with Crippen molar-refractivity contribution < 1.29 is 14.2 Å². The molecule has 0 spiro atoms. The first kappa shape index (κ1) is 17.5. The minimum Gasteiger partial charge on any atom is -0.508 e. The molecule has 1 N–H and O–H groups in total. The van der Waals surface area contributed by atoms with Crippen LogP contribution in [-0.4, -0.2) is 18.4 Å². The van der Waals surface area contributed by atoms with Crippen LogP contribution in [0.2, 0.25) is 0 Å². The van der Waals surface area contributed by atoms with E-state index >= 15 is 0 Å². The van der Waals surface area contributed by atoms with Crippen LogP contribution in [0, 0.1) is 0 Å². The van der Waals surface area contributed by atoms with Crippen molar-refractivity contribution >= 4 is 5.57 Å². The van der Waals surface area contributed by atoms with Gasteiger partial charge in [0.15, 0.2) is 0 Å². The van der Waals surface area contributed by atoms with E-state index in [4.69, 9.17) is 4.74 Å². The minimum absolute atomic E-state index is 0.0885. The van der Waals surface area contributed by atoms with Gasteiger partial charge in [0.1, 0.15) is 24.8 Å². The molecule has 2 aromatic rings. The first-order chi connectivity index (χ1) is 12.3. The molecular formula is C22H25FO2. The maximum atomic E-state index is 12.3. The normalized spacial score (nSPS) is 14.8. The summed E-state index contributed by atoms with van der Waals surface area (Å²) in [5.41, 5.74) is 5.03. The zero-order valence-corrected chi connectivity index (χ0v) is 14.5. The Balaban J connectivity index is 1.98. The Morgan fingerprint density at radius 2 is 1.40 bits per heavy atom. The van der Waals surface area contributed by atoms with Crippen molar-refractivity contribution in [2.75, 3.05) is 13.3 Å². The summed E-state index contributed by atoms with van der Waals surface area (Å²) in [5.74, 6) is 0.973. The van der Waals surface area contributed by atoms with Gasteiger partial charge in [-0.1, -0.05) is 42.7 Å². The maximum absolute atomic E-state index is 12.3. The molecule has 0 heterocycles. The van der Waals surface area contributed by atoms with Gasteiger partial charge in [-0.3, -0.25) is 0 Å². The lowest BCUT2D eigenvalue weighted by atomic mass is 9.89. The van der Waals surface area contributed by atoms with Gasteiger partial charge in [0.25, 0.3) is 0 Å². The number of benzene rings is 2. The molecular weight excluding hydrogens is 315 g/mol. The van der Waals surface area contributed by atoms with E-state index in [0.717, 1.165) is 24.0 Å². The monoisotopic (exact) mass is 340 g/mol. The number of allylic oxidation sites excluding steroid dienone is 1. The molecule has 0 saturated heterocycles. The van der Waals surface area contributed by atoms with E-state index in [0.29, 0.717) is 5.75 Å². The fraction of sp³-hybridized carbons (Fsp3) is 0.364. The predicted molar refractivity (Wildman–Crippen MR) is 99.7 cm³/mol. The molecule has 0 amide bonds. The smallest absolute Gasteiger partial charge is 0.123 e. The molecule has 132 valence electrons. The summed E-state index contributed by atoms with van der Waals surface area (Å²) in [5, 5.41) is 9.62. The van der Waals surface area contributed by atoms with Crippen molar-refractivity contribution in [3.05, 3.63) is 65.2 Å². The molecule has 0 bridgehead atoms. The molecule has 0 radical (unpaired) electrons. The molecule has 1 saturated carbocycles. The van der Waals surface area contributed by atoms with Crippen LogP contribution in [0.25, 0.3) is 5.57 Å². The fourth-order valence-corrected chi connectivity index (χ4v) is 3.48. The zero-order valence-electron chi connectivity index (χ0n) is 14.5. The van der Waals surface area contributed by atoms with Gasteiger partial charge < -0.3 is 9.84 Å². The van der Waals surface area contributed by atoms with Crippen LogP contribution in [0.3, 0.4) is 0 Å². The Hall–Kier alpha value is -2.29. The van der Waals surface area contributed by atoms with Crippen LogP contribution in [0.5, 0.6) is 11.5 Å². The highest BCUT2D eigenvalue weighted by atomic mass is 19.1. The van der Waals surface area contributed by atoms with E-state index in [-0.39, 0.29) is 12.4 Å². The highest BCUT2D eigenvalue weighted by Gasteiger charge is 2.14. The van der Waals surface area contributed by atoms with E-state index in [1.165, 1.54) is 36.8 Å². The number of alkyl halides is 1. The van der Waals surface area contributed by atoms with Crippen molar-refractivity contribution in [2.45, 2.75) is 38.5 Å². The van der Waals surface area contributed by atoms with E-state index in [1.54, 1.807) is 12.1 Å². The third-order valence-corrected chi connectivity index (χ3v) is 4.71. The summed E-state index contributed by atoms with van der Waals surface area (Å²) in [6.45, 7) is -0.393. The SMILES string of the molecule is Oc1ccc(C(=C2CCCCCC2)c2ccc(OCCF)cc2)cc1. The lowest BCUT2D eigenvalue weighted by molar-refractivity contribution is 0.273. The standard InChI is InChI=1S/C22H25FO2/c23-15-16-25-21-13-9-19(10-14-21)22(17-5-3-1-2-4-6-17)18-7-11-20(24)12-8-18/h7-14,24H,1-6,15-16H2. The molecule has 2 nitrogen and oxygen atoms in total. The Morgan fingerprint density at radius 1 is 0.840 bits per heavy atom. The Bertz CT molecular complexity index is 692. The van der Waals surface area contributed by atoms with E-state index in [1.807, 2.05) is 36.4 Å². The van der Waals surface area contributed by atoms with E-state index in [2.05, 4.69) is 0 Å². The maximum Gasteiger partial charge on any atom is 0.123 e. The van der Waals surface area contributed by atoms with Gasteiger partial charge in [-0.15, -0.1) is 0 Å². The van der Waals surface area contributed by atoms with Crippen LogP contribution >= 0.6 is 0 Å². The number of ether oxygens (including phenoxy) is 1. The van der Waals surface area contributed by atoms with Crippen LogP contribution in [0.15, 0.2) is 54.1 Å². The van der Waals surface area contributed by atoms with Gasteiger partial charge in [-0.25, -0.2) is 4.39 Å². The number of phenolic OH excluding ortho intramolecular Hbond substituents is 1. The summed E-state index contributed by atoms with van der Waals surface area (Å²) in [6.07, 6.45) is 7.29. The number of aromatic hydroxyl groups is 1. The molecule has 3 heteroatoms. The summed E-state index contributed by atoms with van der Waals surface area (Å²) in [6, 6.07) is 15.4. The largest absolute Gasteiger partial charge is 0.508 e. The van der Waals surface area contributed by atoms with Crippen LogP contribution < -0.4 is 4.74 Å². The first-order valence-electron chi connectivity index (χ1n) is 9.08. The lowest BCUT2D eigenvalue weighted by Crippen LogP contribution is -1.99. The van der Waals surface area contributed by atoms with Gasteiger partial charge in [-0.2, -0.15) is 0 Å². The van der Waals surface area contributed by atoms with Gasteiger partial charge in [0.2, 0.25) is 0 Å². The topological polar surface area (TPSA) is 29.5 Å². The van der Waals surface area contributed by atoms with Crippen molar-refractivity contribution in [3.63, 3.8) is 0 Å². The third kappa shape index (κ3) is 4.62. The van der Waals surface area contributed by atoms with Crippen LogP contribution in [0.1, 0.15) is 49.7 Å². The molecule has 0 aromatic heterocycles. The molecule has 3 rings (SSSR count). The molecule has 0 atom stereocenters. The lowest BCUT2D eigenvalue weighted by Gasteiger charge is -2.16. The molecule has 25 heavy (non-hydrogen) atoms. The molecule has 1 fully saturated rings. The van der Waals surface area contributed by atoms with Gasteiger partial charge in [0.05, 0.1) is 0 Å². The van der Waals surface area contributed by atoms with Crippen molar-refractivity contribution in [1.29, 1.82) is 0 Å². The zero-order chi connectivity index (χ0) is 17.5. The average Bonchev–Trinajstić information content (AvgIpc) is 2.92. The number of phenols is 1. The molecule has 1 aliphatic carbocycles. The minimum atomic E-state index is -0.482. The summed E-state index contributed by atoms with van der Waals surface area (Å²) in [7, 11) is 0. The number of hydrogen-bond donors (Lipinski definition) is 1. The number of halogens is 1. The first-order valence-corrected chi connectivity index (χ1v) is 9.08. The molecule has 1 aliphatic rings. The summed E-state index contributed by atoms with van der Waals surface area (Å²) >= 11 is 0. The quantitative estimate of drug-likeness (QED) is 0.687. The number of rotatable bonds is 5. The number of hydrogen-bond acceptors (Lipinski definition) is 2. The van der Waals surface area contributed by atoms with Crippen molar-refractivity contribution in [1.82, 2.24) is 0 Å². The average molecular weight is 340 g/mol. The second kappa shape index (κ2) is 8.70. The highest BCUT2D eigenvalue weighted by Crippen LogP contribution is 2.35. The Morgan fingerprint density at radius 3 is 1.96 bits per heavy atom. The predicted octanol–water partition coefficient (Wildman–Crippen LogP) is 5.90. The molecule has 0 aliphatic heterocycles. The second-order valence-corrected chi connectivity index (χ2v) is 6.50. The van der Waals surface area contributed by atoms with Crippen LogP contribution in [-0.2, 0) is 0 Å². The van der Waals surface area contributed by atoms with Gasteiger partial charge in [-0.05, 0) is 66.6 Å². The van der Waals surface area contributed by atoms with Gasteiger partial charge >= 0.3 is 0 Å². The van der Waals surface area contributed by atoms with Crippen molar-refractivity contribution in [2.24, 2.45) is 0 Å². The Labute approximate surface area is 149 Å². The molecule has 0 unspecified atom stereocenters. The summed E-state index contributed by atoms with van der Waals surface area (Å²) in [4.78, 5) is 0. The summed E-state index contributed by atoms with van der Waals surface area (Å²) < 4.78 is 17.6.